The van der Waals surface area contributed by atoms with Gasteiger partial charge in [0.2, 0.25) is 11.8 Å². The highest BCUT2D eigenvalue weighted by Crippen LogP contribution is 2.26. The molecule has 0 aliphatic rings. The fourth-order valence-corrected chi connectivity index (χ4v) is 2.81. The number of rotatable bonds is 8. The van der Waals surface area contributed by atoms with E-state index in [1.165, 1.54) is 0 Å². The number of nitrogens with zero attached hydrogens (tertiary/aromatic N) is 1. The van der Waals surface area contributed by atoms with Gasteiger partial charge in [-0.3, -0.25) is 14.5 Å². The summed E-state index contributed by atoms with van der Waals surface area (Å²) in [7, 11) is 0. The first-order valence-corrected chi connectivity index (χ1v) is 9.11. The lowest BCUT2D eigenvalue weighted by Crippen LogP contribution is -2.44. The third-order valence-corrected chi connectivity index (χ3v) is 4.44. The maximum atomic E-state index is 12.1. The fraction of sp³-hybridized carbons (Fsp3) is 0.579. The molecule has 1 aromatic carbocycles. The van der Waals surface area contributed by atoms with Crippen molar-refractivity contribution in [3.8, 4) is 0 Å². The zero-order chi connectivity index (χ0) is 19.0. The highest BCUT2D eigenvalue weighted by atomic mass is 35.5. The molecule has 0 saturated carbocycles. The summed E-state index contributed by atoms with van der Waals surface area (Å²) in [5.41, 5.74) is 0.480. The maximum Gasteiger partial charge on any atom is 0.239 e. The molecule has 0 radical (unpaired) electrons. The summed E-state index contributed by atoms with van der Waals surface area (Å²) in [4.78, 5) is 26.2. The van der Waals surface area contributed by atoms with Crippen LogP contribution in [0.2, 0.25) is 5.02 Å². The van der Waals surface area contributed by atoms with Crippen molar-refractivity contribution >= 4 is 23.4 Å². The van der Waals surface area contributed by atoms with E-state index in [0.717, 1.165) is 18.7 Å². The van der Waals surface area contributed by atoms with Crippen LogP contribution in [0.1, 0.15) is 46.2 Å². The van der Waals surface area contributed by atoms with Crippen LogP contribution in [0.3, 0.4) is 0 Å². The van der Waals surface area contributed by atoms with Crippen molar-refractivity contribution in [1.82, 2.24) is 15.5 Å². The number of hydrogen-bond acceptors (Lipinski definition) is 3. The molecule has 0 fully saturated rings. The smallest absolute Gasteiger partial charge is 0.239 e. The molecule has 0 aliphatic carbocycles. The molecule has 140 valence electrons. The van der Waals surface area contributed by atoms with Crippen molar-refractivity contribution in [1.29, 1.82) is 0 Å². The van der Waals surface area contributed by atoms with E-state index in [4.69, 9.17) is 11.6 Å². The SMILES string of the molecule is CCN(CC)C(CNC(=O)CNC(=O)C(C)(C)C)c1ccccc1Cl. The number of hydrogen-bond donors (Lipinski definition) is 2. The molecule has 1 aromatic rings. The van der Waals surface area contributed by atoms with E-state index >= 15 is 0 Å². The Morgan fingerprint density at radius 1 is 1.12 bits per heavy atom. The van der Waals surface area contributed by atoms with Crippen LogP contribution >= 0.6 is 11.6 Å². The molecule has 6 heteroatoms. The molecular formula is C19H30ClN3O2. The first-order chi connectivity index (χ1) is 11.7. The number of carbonyl (C=O) groups is 2. The van der Waals surface area contributed by atoms with Crippen LogP contribution < -0.4 is 10.6 Å². The lowest BCUT2D eigenvalue weighted by atomic mass is 9.96. The van der Waals surface area contributed by atoms with Gasteiger partial charge in [0.15, 0.2) is 0 Å². The standard InChI is InChI=1S/C19H30ClN3O2/c1-6-23(7-2)16(14-10-8-9-11-15(14)20)12-21-17(24)13-22-18(25)19(3,4)5/h8-11,16H,6-7,12-13H2,1-5H3,(H,21,24)(H,22,25). The van der Waals surface area contributed by atoms with Gasteiger partial charge < -0.3 is 10.6 Å². The normalized spacial score (nSPS) is 12.8. The number of halogens is 1. The number of likely N-dealkylation sites (N-methyl/N-ethyl adjacent to an activating group) is 1. The molecular weight excluding hydrogens is 338 g/mol. The van der Waals surface area contributed by atoms with E-state index in [0.29, 0.717) is 11.6 Å². The van der Waals surface area contributed by atoms with Gasteiger partial charge in [0.05, 0.1) is 12.6 Å². The van der Waals surface area contributed by atoms with Crippen LogP contribution in [0.4, 0.5) is 0 Å². The van der Waals surface area contributed by atoms with Crippen molar-refractivity contribution in [2.75, 3.05) is 26.2 Å². The predicted octanol–water partition coefficient (Wildman–Crippen LogP) is 3.00. The summed E-state index contributed by atoms with van der Waals surface area (Å²) in [6, 6.07) is 7.68. The van der Waals surface area contributed by atoms with Crippen LogP contribution in [0.15, 0.2) is 24.3 Å². The van der Waals surface area contributed by atoms with Gasteiger partial charge in [0.1, 0.15) is 0 Å². The van der Waals surface area contributed by atoms with E-state index in [1.54, 1.807) is 0 Å². The average molecular weight is 368 g/mol. The molecule has 25 heavy (non-hydrogen) atoms. The molecule has 0 saturated heterocycles. The van der Waals surface area contributed by atoms with E-state index in [-0.39, 0.29) is 24.4 Å². The fourth-order valence-electron chi connectivity index (χ4n) is 2.54. The Labute approximate surface area is 156 Å². The minimum absolute atomic E-state index is 0.00836. The molecule has 2 amide bonds. The number of nitrogens with one attached hydrogen (secondary N) is 2. The molecule has 0 aromatic heterocycles. The monoisotopic (exact) mass is 367 g/mol. The lowest BCUT2D eigenvalue weighted by Gasteiger charge is -2.31. The van der Waals surface area contributed by atoms with E-state index in [1.807, 2.05) is 45.0 Å². The Bertz CT molecular complexity index is 580. The third kappa shape index (κ3) is 6.67. The number of carbonyl (C=O) groups excluding carboxylic acids is 2. The van der Waals surface area contributed by atoms with Gasteiger partial charge in [0, 0.05) is 17.0 Å². The van der Waals surface area contributed by atoms with Gasteiger partial charge in [0.25, 0.3) is 0 Å². The van der Waals surface area contributed by atoms with Crippen molar-refractivity contribution in [2.24, 2.45) is 5.41 Å². The quantitative estimate of drug-likeness (QED) is 0.742. The van der Waals surface area contributed by atoms with Crippen molar-refractivity contribution in [3.63, 3.8) is 0 Å². The predicted molar refractivity (Wildman–Crippen MR) is 103 cm³/mol. The maximum absolute atomic E-state index is 12.1. The average Bonchev–Trinajstić information content (AvgIpc) is 2.56. The van der Waals surface area contributed by atoms with Gasteiger partial charge in [-0.15, -0.1) is 0 Å². The zero-order valence-corrected chi connectivity index (χ0v) is 16.6. The first-order valence-electron chi connectivity index (χ1n) is 8.74. The third-order valence-electron chi connectivity index (χ3n) is 4.10. The Morgan fingerprint density at radius 2 is 1.72 bits per heavy atom. The first kappa shape index (κ1) is 21.5. The Balaban J connectivity index is 2.72. The van der Waals surface area contributed by atoms with E-state index in [2.05, 4.69) is 29.4 Å². The summed E-state index contributed by atoms with van der Waals surface area (Å²) in [6.45, 7) is 11.7. The van der Waals surface area contributed by atoms with Gasteiger partial charge in [-0.05, 0) is 24.7 Å². The Hall–Kier alpha value is -1.59. The van der Waals surface area contributed by atoms with E-state index in [9.17, 15) is 9.59 Å². The summed E-state index contributed by atoms with van der Waals surface area (Å²) in [5, 5.41) is 6.26. The molecule has 2 N–H and O–H groups in total. The van der Waals surface area contributed by atoms with E-state index < -0.39 is 5.41 Å². The molecule has 1 atom stereocenters. The summed E-state index contributed by atoms with van der Waals surface area (Å²) < 4.78 is 0. The summed E-state index contributed by atoms with van der Waals surface area (Å²) >= 11 is 6.35. The molecule has 0 aliphatic heterocycles. The number of benzene rings is 1. The zero-order valence-electron chi connectivity index (χ0n) is 15.9. The lowest BCUT2D eigenvalue weighted by molar-refractivity contribution is -0.131. The molecule has 0 spiro atoms. The Morgan fingerprint density at radius 3 is 2.24 bits per heavy atom. The minimum atomic E-state index is -0.512. The molecule has 0 heterocycles. The van der Waals surface area contributed by atoms with Crippen LogP contribution in [0.5, 0.6) is 0 Å². The van der Waals surface area contributed by atoms with Crippen LogP contribution in [0.25, 0.3) is 0 Å². The van der Waals surface area contributed by atoms with Gasteiger partial charge in [-0.25, -0.2) is 0 Å². The van der Waals surface area contributed by atoms with Gasteiger partial charge in [-0.2, -0.15) is 0 Å². The van der Waals surface area contributed by atoms with Crippen LogP contribution in [-0.4, -0.2) is 42.9 Å². The summed E-state index contributed by atoms with van der Waals surface area (Å²) in [5.74, 6) is -0.351. The van der Waals surface area contributed by atoms with Crippen molar-refractivity contribution in [3.05, 3.63) is 34.9 Å². The van der Waals surface area contributed by atoms with Gasteiger partial charge >= 0.3 is 0 Å². The number of amides is 2. The minimum Gasteiger partial charge on any atom is -0.353 e. The molecule has 5 nitrogen and oxygen atoms in total. The Kier molecular flexibility index (Phi) is 8.39. The molecule has 1 rings (SSSR count). The van der Waals surface area contributed by atoms with Gasteiger partial charge in [-0.1, -0.05) is 64.4 Å². The second kappa shape index (κ2) is 9.78. The largest absolute Gasteiger partial charge is 0.353 e. The summed E-state index contributed by atoms with van der Waals surface area (Å²) in [6.07, 6.45) is 0. The second-order valence-corrected chi connectivity index (χ2v) is 7.40. The van der Waals surface area contributed by atoms with Crippen molar-refractivity contribution < 1.29 is 9.59 Å². The topological polar surface area (TPSA) is 61.4 Å². The highest BCUT2D eigenvalue weighted by Gasteiger charge is 2.23. The highest BCUT2D eigenvalue weighted by molar-refractivity contribution is 6.31. The molecule has 0 bridgehead atoms. The van der Waals surface area contributed by atoms with Crippen LogP contribution in [0, 0.1) is 5.41 Å². The molecule has 1 unspecified atom stereocenters. The van der Waals surface area contributed by atoms with Crippen molar-refractivity contribution in [2.45, 2.75) is 40.7 Å². The van der Waals surface area contributed by atoms with Crippen LogP contribution in [-0.2, 0) is 9.59 Å². The second-order valence-electron chi connectivity index (χ2n) is 7.00.